The van der Waals surface area contributed by atoms with Gasteiger partial charge >= 0.3 is 0 Å². The molecule has 0 bridgehead atoms. The van der Waals surface area contributed by atoms with E-state index in [-0.39, 0.29) is 0 Å². The maximum Gasteiger partial charge on any atom is 0.119 e. The average molecular weight is 390 g/mol. The lowest BCUT2D eigenvalue weighted by atomic mass is 9.97. The molecule has 1 aliphatic heterocycles. The first-order valence-corrected chi connectivity index (χ1v) is 9.61. The van der Waals surface area contributed by atoms with E-state index in [2.05, 4.69) is 70.3 Å². The van der Waals surface area contributed by atoms with E-state index in [9.17, 15) is 0 Å². The van der Waals surface area contributed by atoms with Gasteiger partial charge in [-0.05, 0) is 76.8 Å². The summed E-state index contributed by atoms with van der Waals surface area (Å²) in [5, 5.41) is 0. The van der Waals surface area contributed by atoms with E-state index in [1.165, 1.54) is 16.0 Å². The molecule has 0 fully saturated rings. The summed E-state index contributed by atoms with van der Waals surface area (Å²) in [4.78, 5) is 5.91. The Morgan fingerprint density at radius 1 is 1.26 bits per heavy atom. The van der Waals surface area contributed by atoms with E-state index < -0.39 is 0 Å². The van der Waals surface area contributed by atoms with Crippen LogP contribution in [0.3, 0.4) is 0 Å². The highest BCUT2D eigenvalue weighted by atomic mass is 79.9. The van der Waals surface area contributed by atoms with Crippen LogP contribution in [0.15, 0.2) is 45.2 Å². The molecule has 120 valence electrons. The zero-order chi connectivity index (χ0) is 16.1. The number of thiophene rings is 1. The van der Waals surface area contributed by atoms with Crippen LogP contribution in [-0.2, 0) is 6.42 Å². The van der Waals surface area contributed by atoms with E-state index in [4.69, 9.17) is 4.74 Å². The van der Waals surface area contributed by atoms with Crippen molar-refractivity contribution in [1.29, 1.82) is 0 Å². The number of hydrogen-bond acceptors (Lipinski definition) is 3. The second kappa shape index (κ2) is 7.93. The fraction of sp³-hybridized carbons (Fsp3) is 0.316. The monoisotopic (exact) mass is 389 g/mol. The Labute approximate surface area is 150 Å². The number of aliphatic imine (C=N–C) groups is 1. The molecule has 2 nitrogen and oxygen atoms in total. The number of nitrogens with zero attached hydrogens (tertiary/aromatic N) is 1. The number of fused-ring (bicyclic) bond motifs is 1. The molecule has 2 heterocycles. The maximum atomic E-state index is 5.82. The predicted octanol–water partition coefficient (Wildman–Crippen LogP) is 5.75. The Morgan fingerprint density at radius 3 is 2.96 bits per heavy atom. The van der Waals surface area contributed by atoms with Crippen molar-refractivity contribution in [1.82, 2.24) is 0 Å². The molecule has 3 rings (SSSR count). The summed E-state index contributed by atoms with van der Waals surface area (Å²) >= 11 is 5.22. The van der Waals surface area contributed by atoms with E-state index >= 15 is 0 Å². The highest BCUT2D eigenvalue weighted by Crippen LogP contribution is 2.25. The van der Waals surface area contributed by atoms with Gasteiger partial charge in [0.15, 0.2) is 0 Å². The minimum Gasteiger partial charge on any atom is -0.494 e. The van der Waals surface area contributed by atoms with E-state index in [0.29, 0.717) is 0 Å². The summed E-state index contributed by atoms with van der Waals surface area (Å²) in [6, 6.07) is 10.6. The van der Waals surface area contributed by atoms with Crippen LogP contribution in [-0.4, -0.2) is 18.9 Å². The third-order valence-electron chi connectivity index (χ3n) is 3.78. The Hall–Kier alpha value is -1.39. The van der Waals surface area contributed by atoms with Gasteiger partial charge in [0.05, 0.1) is 16.1 Å². The molecule has 23 heavy (non-hydrogen) atoms. The molecule has 0 saturated carbocycles. The van der Waals surface area contributed by atoms with Crippen molar-refractivity contribution < 1.29 is 4.74 Å². The van der Waals surface area contributed by atoms with Gasteiger partial charge in [0.1, 0.15) is 5.75 Å². The SMILES string of the molecule is CCCCOc1ccc2c(c1)CCN=C2/C=C/c1ccc(Br)s1. The lowest BCUT2D eigenvalue weighted by Crippen LogP contribution is -2.11. The molecule has 0 atom stereocenters. The molecule has 0 N–H and O–H groups in total. The number of benzene rings is 1. The number of allylic oxidation sites excluding steroid dienone is 1. The number of unbranched alkanes of at least 4 members (excludes halogenated alkanes) is 1. The van der Waals surface area contributed by atoms with E-state index in [0.717, 1.165) is 47.7 Å². The van der Waals surface area contributed by atoms with Gasteiger partial charge in [0, 0.05) is 17.0 Å². The maximum absolute atomic E-state index is 5.82. The number of rotatable bonds is 6. The molecule has 0 amide bonds. The summed E-state index contributed by atoms with van der Waals surface area (Å²) in [7, 11) is 0. The second-order valence-electron chi connectivity index (χ2n) is 5.51. The third-order valence-corrected chi connectivity index (χ3v) is 5.37. The van der Waals surface area contributed by atoms with Crippen LogP contribution in [0.1, 0.15) is 35.8 Å². The normalized spacial score (nSPS) is 13.9. The van der Waals surface area contributed by atoms with Crippen molar-refractivity contribution in [3.05, 3.63) is 56.2 Å². The van der Waals surface area contributed by atoms with Crippen LogP contribution in [0, 0.1) is 0 Å². The number of halogens is 1. The van der Waals surface area contributed by atoms with Crippen molar-refractivity contribution >= 4 is 39.1 Å². The molecule has 1 aromatic heterocycles. The molecule has 1 aromatic carbocycles. The topological polar surface area (TPSA) is 21.6 Å². The van der Waals surface area contributed by atoms with Crippen LogP contribution in [0.2, 0.25) is 0 Å². The van der Waals surface area contributed by atoms with Crippen LogP contribution < -0.4 is 4.74 Å². The van der Waals surface area contributed by atoms with Crippen molar-refractivity contribution in [3.63, 3.8) is 0 Å². The average Bonchev–Trinajstić information content (AvgIpc) is 2.98. The summed E-state index contributed by atoms with van der Waals surface area (Å²) in [6.07, 6.45) is 7.50. The van der Waals surface area contributed by atoms with Crippen LogP contribution >= 0.6 is 27.3 Å². The van der Waals surface area contributed by atoms with Gasteiger partial charge in [-0.2, -0.15) is 0 Å². The quantitative estimate of drug-likeness (QED) is 0.576. The standard InChI is InChI=1S/C19H20BrNOS/c1-2-3-12-22-15-4-7-17-14(13-15)10-11-21-18(17)8-5-16-6-9-19(20)23-16/h4-9,13H,2-3,10-12H2,1H3/b8-5+. The molecule has 4 heteroatoms. The Balaban J connectivity index is 1.75. The first kappa shape index (κ1) is 16.5. The summed E-state index contributed by atoms with van der Waals surface area (Å²) < 4.78 is 6.97. The van der Waals surface area contributed by atoms with Crippen LogP contribution in [0.5, 0.6) is 5.75 Å². The first-order chi connectivity index (χ1) is 11.3. The van der Waals surface area contributed by atoms with Crippen molar-refractivity contribution in [3.8, 4) is 5.75 Å². The molecule has 0 spiro atoms. The summed E-state index contributed by atoms with van der Waals surface area (Å²) in [6.45, 7) is 3.82. The van der Waals surface area contributed by atoms with Gasteiger partial charge in [-0.15, -0.1) is 11.3 Å². The van der Waals surface area contributed by atoms with Gasteiger partial charge in [-0.25, -0.2) is 0 Å². The minimum absolute atomic E-state index is 0.795. The highest BCUT2D eigenvalue weighted by Gasteiger charge is 2.13. The van der Waals surface area contributed by atoms with Gasteiger partial charge in [-0.3, -0.25) is 4.99 Å². The van der Waals surface area contributed by atoms with E-state index in [1.54, 1.807) is 11.3 Å². The lowest BCUT2D eigenvalue weighted by molar-refractivity contribution is 0.309. The van der Waals surface area contributed by atoms with Crippen LogP contribution in [0.4, 0.5) is 0 Å². The van der Waals surface area contributed by atoms with Crippen molar-refractivity contribution in [2.24, 2.45) is 4.99 Å². The van der Waals surface area contributed by atoms with Gasteiger partial charge in [0.2, 0.25) is 0 Å². The Kier molecular flexibility index (Phi) is 5.68. The van der Waals surface area contributed by atoms with Gasteiger partial charge in [-0.1, -0.05) is 13.3 Å². The number of hydrogen-bond donors (Lipinski definition) is 0. The molecule has 2 aromatic rings. The molecule has 1 aliphatic rings. The zero-order valence-electron chi connectivity index (χ0n) is 13.2. The Bertz CT molecular complexity index is 733. The smallest absolute Gasteiger partial charge is 0.119 e. The predicted molar refractivity (Wildman–Crippen MR) is 103 cm³/mol. The fourth-order valence-corrected chi connectivity index (χ4v) is 3.88. The largest absolute Gasteiger partial charge is 0.494 e. The van der Waals surface area contributed by atoms with Crippen LogP contribution in [0.25, 0.3) is 6.08 Å². The minimum atomic E-state index is 0.795. The first-order valence-electron chi connectivity index (χ1n) is 8.00. The number of ether oxygens (including phenoxy) is 1. The molecular formula is C19H20BrNOS. The summed E-state index contributed by atoms with van der Waals surface area (Å²) in [5.74, 6) is 0.976. The van der Waals surface area contributed by atoms with Gasteiger partial charge in [0.25, 0.3) is 0 Å². The molecule has 0 saturated heterocycles. The molecule has 0 unspecified atom stereocenters. The lowest BCUT2D eigenvalue weighted by Gasteiger charge is -2.16. The highest BCUT2D eigenvalue weighted by molar-refractivity contribution is 9.11. The van der Waals surface area contributed by atoms with E-state index in [1.807, 2.05) is 0 Å². The summed E-state index contributed by atoms with van der Waals surface area (Å²) in [5.41, 5.74) is 3.63. The molecule has 0 aliphatic carbocycles. The third kappa shape index (κ3) is 4.33. The molecular weight excluding hydrogens is 370 g/mol. The fourth-order valence-electron chi connectivity index (χ4n) is 2.55. The second-order valence-corrected chi connectivity index (χ2v) is 8.01. The van der Waals surface area contributed by atoms with Crippen molar-refractivity contribution in [2.75, 3.05) is 13.2 Å². The van der Waals surface area contributed by atoms with Gasteiger partial charge < -0.3 is 4.74 Å². The molecule has 0 radical (unpaired) electrons. The zero-order valence-corrected chi connectivity index (χ0v) is 15.6. The van der Waals surface area contributed by atoms with Crippen molar-refractivity contribution in [2.45, 2.75) is 26.2 Å². The Morgan fingerprint density at radius 2 is 2.17 bits per heavy atom.